The topological polar surface area (TPSA) is 35.5 Å². The van der Waals surface area contributed by atoms with Crippen molar-refractivity contribution in [3.05, 3.63) is 59.7 Å². The van der Waals surface area contributed by atoms with Crippen LogP contribution < -0.4 is 8.85 Å². The van der Waals surface area contributed by atoms with E-state index in [-0.39, 0.29) is 15.9 Å². The van der Waals surface area contributed by atoms with Gasteiger partial charge in [0.25, 0.3) is 16.6 Å². The van der Waals surface area contributed by atoms with Gasteiger partial charge in [0.05, 0.1) is 0 Å². The van der Waals surface area contributed by atoms with E-state index in [1.165, 1.54) is 0 Å². The van der Waals surface area contributed by atoms with E-state index in [0.29, 0.717) is 16.9 Å². The molecule has 164 valence electrons. The Kier molecular flexibility index (Phi) is 6.79. The van der Waals surface area contributed by atoms with Gasteiger partial charge in [-0.25, -0.2) is 0 Å². The molecule has 0 heterocycles. The Morgan fingerprint density at radius 3 is 1.60 bits per heavy atom. The highest BCUT2D eigenvalue weighted by molar-refractivity contribution is 6.75. The number of ketones is 1. The molecular formula is C25H38O3Si2. The zero-order chi connectivity index (χ0) is 23.0. The summed E-state index contributed by atoms with van der Waals surface area (Å²) in [5.41, 5.74) is 1.30. The monoisotopic (exact) mass is 442 g/mol. The summed E-state index contributed by atoms with van der Waals surface area (Å²) in [7, 11) is -4.17. The second kappa shape index (κ2) is 8.35. The van der Waals surface area contributed by atoms with E-state index >= 15 is 0 Å². The van der Waals surface area contributed by atoms with Crippen LogP contribution in [0.4, 0.5) is 0 Å². The van der Waals surface area contributed by atoms with Crippen molar-refractivity contribution in [2.75, 3.05) is 0 Å². The molecule has 0 saturated carbocycles. The Balaban J connectivity index is 2.53. The molecule has 0 aliphatic heterocycles. The van der Waals surface area contributed by atoms with Crippen LogP contribution in [0.15, 0.2) is 48.5 Å². The molecule has 0 radical (unpaired) electrons. The van der Waals surface area contributed by atoms with Gasteiger partial charge in [-0.2, -0.15) is 0 Å². The first-order valence-corrected chi connectivity index (χ1v) is 16.5. The van der Waals surface area contributed by atoms with Crippen LogP contribution in [0.2, 0.25) is 36.3 Å². The van der Waals surface area contributed by atoms with E-state index in [0.717, 1.165) is 5.75 Å². The third kappa shape index (κ3) is 5.44. The van der Waals surface area contributed by atoms with Crippen LogP contribution in [0.5, 0.6) is 11.5 Å². The maximum atomic E-state index is 13.0. The lowest BCUT2D eigenvalue weighted by Gasteiger charge is -2.39. The van der Waals surface area contributed by atoms with E-state index in [2.05, 4.69) is 67.7 Å². The lowest BCUT2D eigenvalue weighted by molar-refractivity contribution is 0.103. The van der Waals surface area contributed by atoms with Crippen molar-refractivity contribution < 1.29 is 13.6 Å². The molecule has 2 aromatic carbocycles. The van der Waals surface area contributed by atoms with Crippen LogP contribution in [0, 0.1) is 0 Å². The molecule has 0 aliphatic rings. The van der Waals surface area contributed by atoms with Gasteiger partial charge in [0, 0.05) is 11.1 Å². The zero-order valence-corrected chi connectivity index (χ0v) is 22.3. The summed E-state index contributed by atoms with van der Waals surface area (Å²) in [4.78, 5) is 13.0. The minimum Gasteiger partial charge on any atom is -0.541 e. The van der Waals surface area contributed by atoms with Crippen molar-refractivity contribution in [3.8, 4) is 11.5 Å². The molecule has 0 bridgehead atoms. The molecule has 0 atom stereocenters. The molecule has 0 spiro atoms. The maximum absolute atomic E-state index is 13.0. The standard InChI is InChI=1S/C25H38O3Si2/c1-24(2,3)29(7,8)27-21-17-16-20(23(26)19-14-12-11-13-15-19)18-22(21)28-30(9,10)25(4,5)6/h11-18H,1-10H3. The predicted octanol–water partition coefficient (Wildman–Crippen LogP) is 7.69. The van der Waals surface area contributed by atoms with Crippen molar-refractivity contribution in [3.63, 3.8) is 0 Å². The highest BCUT2D eigenvalue weighted by Crippen LogP contribution is 2.43. The maximum Gasteiger partial charge on any atom is 0.250 e. The largest absolute Gasteiger partial charge is 0.541 e. The third-order valence-electron chi connectivity index (χ3n) is 6.58. The minimum absolute atomic E-state index is 0.00504. The van der Waals surface area contributed by atoms with Gasteiger partial charge in [-0.1, -0.05) is 71.9 Å². The molecule has 5 heteroatoms. The van der Waals surface area contributed by atoms with Crippen LogP contribution in [0.25, 0.3) is 0 Å². The van der Waals surface area contributed by atoms with Gasteiger partial charge in [0.2, 0.25) is 0 Å². The Bertz CT molecular complexity index is 889. The van der Waals surface area contributed by atoms with E-state index in [4.69, 9.17) is 8.85 Å². The van der Waals surface area contributed by atoms with Crippen molar-refractivity contribution >= 4 is 22.4 Å². The van der Waals surface area contributed by atoms with Gasteiger partial charge < -0.3 is 8.85 Å². The minimum atomic E-state index is -2.11. The molecular weight excluding hydrogens is 404 g/mol. The van der Waals surface area contributed by atoms with Gasteiger partial charge in [-0.05, 0) is 54.5 Å². The molecule has 2 rings (SSSR count). The summed E-state index contributed by atoms with van der Waals surface area (Å²) >= 11 is 0. The lowest BCUT2D eigenvalue weighted by Crippen LogP contribution is -2.45. The highest BCUT2D eigenvalue weighted by Gasteiger charge is 2.42. The van der Waals surface area contributed by atoms with Crippen molar-refractivity contribution in [2.45, 2.75) is 77.8 Å². The van der Waals surface area contributed by atoms with E-state index in [9.17, 15) is 4.79 Å². The number of carbonyl (C=O) groups excluding carboxylic acids is 1. The van der Waals surface area contributed by atoms with Gasteiger partial charge >= 0.3 is 0 Å². The van der Waals surface area contributed by atoms with Gasteiger partial charge in [-0.15, -0.1) is 0 Å². The summed E-state index contributed by atoms with van der Waals surface area (Å²) in [6, 6.07) is 15.0. The summed E-state index contributed by atoms with van der Waals surface area (Å²) in [5, 5.41) is 0.112. The number of hydrogen-bond donors (Lipinski definition) is 0. The number of hydrogen-bond acceptors (Lipinski definition) is 3. The number of carbonyl (C=O) groups is 1. The smallest absolute Gasteiger partial charge is 0.250 e. The molecule has 0 saturated heterocycles. The van der Waals surface area contributed by atoms with Crippen molar-refractivity contribution in [1.29, 1.82) is 0 Å². The molecule has 0 fully saturated rings. The fourth-order valence-corrected chi connectivity index (χ4v) is 4.47. The first-order valence-electron chi connectivity index (χ1n) is 10.7. The molecule has 0 aromatic heterocycles. The Morgan fingerprint density at radius 2 is 1.13 bits per heavy atom. The van der Waals surface area contributed by atoms with Crippen LogP contribution >= 0.6 is 0 Å². The fourth-order valence-electron chi connectivity index (χ4n) is 2.43. The second-order valence-corrected chi connectivity index (χ2v) is 20.5. The van der Waals surface area contributed by atoms with E-state index in [1.54, 1.807) is 0 Å². The average molecular weight is 443 g/mol. The molecule has 0 unspecified atom stereocenters. The van der Waals surface area contributed by atoms with Gasteiger partial charge in [0.15, 0.2) is 5.78 Å². The lowest BCUT2D eigenvalue weighted by atomic mass is 10.0. The third-order valence-corrected chi connectivity index (χ3v) is 15.3. The van der Waals surface area contributed by atoms with Crippen LogP contribution in [0.3, 0.4) is 0 Å². The number of benzene rings is 2. The summed E-state index contributed by atoms with van der Waals surface area (Å²) in [5.74, 6) is 1.43. The van der Waals surface area contributed by atoms with E-state index in [1.807, 2.05) is 48.5 Å². The number of rotatable bonds is 6. The van der Waals surface area contributed by atoms with Crippen LogP contribution in [-0.2, 0) is 0 Å². The Hall–Kier alpha value is -1.86. The fraction of sp³-hybridized carbons (Fsp3) is 0.480. The Morgan fingerprint density at radius 1 is 0.667 bits per heavy atom. The van der Waals surface area contributed by atoms with Crippen LogP contribution in [-0.4, -0.2) is 22.4 Å². The highest BCUT2D eigenvalue weighted by atomic mass is 28.4. The SMILES string of the molecule is CC(C)(C)[Si](C)(C)Oc1ccc(C(=O)c2ccccc2)cc1O[Si](C)(C)C(C)(C)C. The summed E-state index contributed by atoms with van der Waals surface area (Å²) in [6.07, 6.45) is 0. The molecule has 0 N–H and O–H groups in total. The first-order chi connectivity index (χ1) is 13.6. The molecule has 30 heavy (non-hydrogen) atoms. The quantitative estimate of drug-likeness (QED) is 0.340. The molecule has 3 nitrogen and oxygen atoms in total. The van der Waals surface area contributed by atoms with E-state index < -0.39 is 16.6 Å². The Labute approximate surface area is 185 Å². The van der Waals surface area contributed by atoms with Crippen LogP contribution in [0.1, 0.15) is 57.5 Å². The average Bonchev–Trinajstić information content (AvgIpc) is 2.61. The zero-order valence-electron chi connectivity index (χ0n) is 20.3. The van der Waals surface area contributed by atoms with Crippen molar-refractivity contribution in [1.82, 2.24) is 0 Å². The predicted molar refractivity (Wildman–Crippen MR) is 132 cm³/mol. The molecule has 2 aromatic rings. The van der Waals surface area contributed by atoms with Gasteiger partial charge in [0.1, 0.15) is 11.5 Å². The molecule has 0 aliphatic carbocycles. The van der Waals surface area contributed by atoms with Crippen molar-refractivity contribution in [2.24, 2.45) is 0 Å². The second-order valence-electron chi connectivity index (χ2n) is 11.1. The summed E-state index contributed by atoms with van der Waals surface area (Å²) < 4.78 is 13.3. The first kappa shape index (κ1) is 24.4. The molecule has 0 amide bonds. The normalized spacial score (nSPS) is 13.1. The summed E-state index contributed by atoms with van der Waals surface area (Å²) in [6.45, 7) is 22.2. The van der Waals surface area contributed by atoms with Gasteiger partial charge in [-0.3, -0.25) is 4.79 Å².